The van der Waals surface area contributed by atoms with Crippen LogP contribution in [0.25, 0.3) is 0 Å². The summed E-state index contributed by atoms with van der Waals surface area (Å²) in [7, 11) is 0. The number of imide groups is 1. The third-order valence-electron chi connectivity index (χ3n) is 4.99. The summed E-state index contributed by atoms with van der Waals surface area (Å²) in [5, 5.41) is 5.01. The molecule has 0 saturated carbocycles. The van der Waals surface area contributed by atoms with Gasteiger partial charge in [0, 0.05) is 25.1 Å². The van der Waals surface area contributed by atoms with E-state index < -0.39 is 23.1 Å². The molecule has 0 unspecified atom stereocenters. The Kier molecular flexibility index (Phi) is 4.91. The largest absolute Gasteiger partial charge is 0.444 e. The van der Waals surface area contributed by atoms with Crippen LogP contribution in [-0.2, 0) is 27.4 Å². The fourth-order valence-corrected chi connectivity index (χ4v) is 3.42. The van der Waals surface area contributed by atoms with Crippen LogP contribution in [0.3, 0.4) is 0 Å². The van der Waals surface area contributed by atoms with Crippen LogP contribution in [0.2, 0.25) is 0 Å². The van der Waals surface area contributed by atoms with E-state index in [-0.39, 0.29) is 31.3 Å². The number of alkyl carbamates (subject to hydrolysis) is 1. The van der Waals surface area contributed by atoms with Crippen molar-refractivity contribution in [3.8, 4) is 0 Å². The molecule has 2 aliphatic rings. The van der Waals surface area contributed by atoms with E-state index in [1.165, 1.54) is 4.90 Å². The molecule has 1 atom stereocenters. The van der Waals surface area contributed by atoms with Crippen molar-refractivity contribution in [3.05, 3.63) is 34.9 Å². The standard InChI is InChI=1S/C20H25N3O5/c1-19(2,3)28-18(27)21-10-12-5-6-14-13(9-12)11-23(16(14)25)20(4)8-7-15(24)22-17(20)26/h5-6,9H,7-8,10-11H2,1-4H3,(H,21,27)(H,22,24,26)/t20-/m0/s1. The van der Waals surface area contributed by atoms with Crippen LogP contribution in [0.1, 0.15) is 62.0 Å². The van der Waals surface area contributed by atoms with Crippen molar-refractivity contribution < 1.29 is 23.9 Å². The zero-order valence-electron chi connectivity index (χ0n) is 16.5. The zero-order chi connectivity index (χ0) is 20.7. The van der Waals surface area contributed by atoms with E-state index in [1.807, 2.05) is 6.07 Å². The second-order valence-corrected chi connectivity index (χ2v) is 8.39. The van der Waals surface area contributed by atoms with Crippen molar-refractivity contribution in [2.45, 2.75) is 64.8 Å². The Balaban J connectivity index is 1.71. The van der Waals surface area contributed by atoms with Gasteiger partial charge < -0.3 is 15.0 Å². The van der Waals surface area contributed by atoms with Crippen molar-refractivity contribution in [1.82, 2.24) is 15.5 Å². The maximum atomic E-state index is 12.8. The van der Waals surface area contributed by atoms with Gasteiger partial charge >= 0.3 is 6.09 Å². The minimum Gasteiger partial charge on any atom is -0.444 e. The second kappa shape index (κ2) is 6.92. The Morgan fingerprint density at radius 2 is 2.00 bits per heavy atom. The molecule has 150 valence electrons. The van der Waals surface area contributed by atoms with Crippen LogP contribution in [0.4, 0.5) is 4.79 Å². The summed E-state index contributed by atoms with van der Waals surface area (Å²) in [6.07, 6.45) is -0.0144. The van der Waals surface area contributed by atoms with Gasteiger partial charge in [0.05, 0.1) is 0 Å². The molecule has 2 aliphatic heterocycles. The maximum Gasteiger partial charge on any atom is 0.407 e. The van der Waals surface area contributed by atoms with E-state index in [0.717, 1.165) is 11.1 Å². The summed E-state index contributed by atoms with van der Waals surface area (Å²) in [6, 6.07) is 5.32. The molecule has 8 heteroatoms. The molecular weight excluding hydrogens is 362 g/mol. The number of piperidine rings is 1. The number of carbonyl (C=O) groups is 4. The molecule has 8 nitrogen and oxygen atoms in total. The molecule has 1 fully saturated rings. The highest BCUT2D eigenvalue weighted by Gasteiger charge is 2.48. The monoisotopic (exact) mass is 387 g/mol. The quantitative estimate of drug-likeness (QED) is 0.771. The highest BCUT2D eigenvalue weighted by atomic mass is 16.6. The van der Waals surface area contributed by atoms with Crippen LogP contribution in [0.15, 0.2) is 18.2 Å². The molecule has 1 aromatic carbocycles. The van der Waals surface area contributed by atoms with Crippen molar-refractivity contribution in [1.29, 1.82) is 0 Å². The Morgan fingerprint density at radius 3 is 2.64 bits per heavy atom. The summed E-state index contributed by atoms with van der Waals surface area (Å²) >= 11 is 0. The topological polar surface area (TPSA) is 105 Å². The minimum atomic E-state index is -1.06. The molecule has 0 spiro atoms. The lowest BCUT2D eigenvalue weighted by atomic mass is 9.89. The molecule has 0 aromatic heterocycles. The smallest absolute Gasteiger partial charge is 0.407 e. The number of amides is 4. The molecule has 2 N–H and O–H groups in total. The Morgan fingerprint density at radius 1 is 1.29 bits per heavy atom. The number of hydrogen-bond donors (Lipinski definition) is 2. The molecular formula is C20H25N3O5. The number of ether oxygens (including phenoxy) is 1. The fraction of sp³-hybridized carbons (Fsp3) is 0.500. The summed E-state index contributed by atoms with van der Waals surface area (Å²) in [5.74, 6) is -0.993. The molecule has 1 saturated heterocycles. The average Bonchev–Trinajstić information content (AvgIpc) is 2.92. The minimum absolute atomic E-state index is 0.202. The molecule has 4 amide bonds. The van der Waals surface area contributed by atoms with Crippen LogP contribution < -0.4 is 10.6 Å². The fourth-order valence-electron chi connectivity index (χ4n) is 3.42. The maximum absolute atomic E-state index is 12.8. The predicted molar refractivity (Wildman–Crippen MR) is 100 cm³/mol. The molecule has 0 bridgehead atoms. The van der Waals surface area contributed by atoms with Crippen LogP contribution in [0.5, 0.6) is 0 Å². The molecule has 1 aromatic rings. The predicted octanol–water partition coefficient (Wildman–Crippen LogP) is 1.86. The first kappa shape index (κ1) is 19.9. The van der Waals surface area contributed by atoms with Crippen LogP contribution in [-0.4, -0.2) is 39.9 Å². The molecule has 28 heavy (non-hydrogen) atoms. The van der Waals surface area contributed by atoms with Crippen LogP contribution in [0, 0.1) is 0 Å². The number of rotatable bonds is 3. The van der Waals surface area contributed by atoms with Gasteiger partial charge in [-0.15, -0.1) is 0 Å². The zero-order valence-corrected chi connectivity index (χ0v) is 16.5. The van der Waals surface area contributed by atoms with Gasteiger partial charge in [0.1, 0.15) is 11.1 Å². The first-order valence-corrected chi connectivity index (χ1v) is 9.24. The number of fused-ring (bicyclic) bond motifs is 1. The molecule has 0 aliphatic carbocycles. The lowest BCUT2D eigenvalue weighted by Gasteiger charge is -2.39. The summed E-state index contributed by atoms with van der Waals surface area (Å²) in [5.41, 5.74) is 0.518. The normalized spacial score (nSPS) is 22.0. The van der Waals surface area contributed by atoms with Crippen molar-refractivity contribution >= 4 is 23.8 Å². The number of benzene rings is 1. The van der Waals surface area contributed by atoms with Crippen LogP contribution >= 0.6 is 0 Å². The van der Waals surface area contributed by atoms with Crippen molar-refractivity contribution in [2.24, 2.45) is 0 Å². The number of nitrogens with one attached hydrogen (secondary N) is 2. The van der Waals surface area contributed by atoms with Gasteiger partial charge in [-0.05, 0) is 51.3 Å². The SMILES string of the molecule is CC(C)(C)OC(=O)NCc1ccc2c(c1)CN([C@@]1(C)CCC(=O)NC1=O)C2=O. The van der Waals surface area contributed by atoms with Gasteiger partial charge in [-0.2, -0.15) is 0 Å². The van der Waals surface area contributed by atoms with Gasteiger partial charge in [0.25, 0.3) is 11.8 Å². The third-order valence-corrected chi connectivity index (χ3v) is 4.99. The molecule has 2 heterocycles. The first-order valence-electron chi connectivity index (χ1n) is 9.24. The highest BCUT2D eigenvalue weighted by molar-refractivity contribution is 6.07. The van der Waals surface area contributed by atoms with Crippen molar-refractivity contribution in [2.75, 3.05) is 0 Å². The van der Waals surface area contributed by atoms with E-state index in [2.05, 4.69) is 10.6 Å². The summed E-state index contributed by atoms with van der Waals surface area (Å²) in [6.45, 7) is 7.60. The van der Waals surface area contributed by atoms with E-state index in [1.54, 1.807) is 39.8 Å². The Bertz CT molecular complexity index is 858. The van der Waals surface area contributed by atoms with Crippen molar-refractivity contribution in [3.63, 3.8) is 0 Å². The Hall–Kier alpha value is -2.90. The van der Waals surface area contributed by atoms with E-state index in [9.17, 15) is 19.2 Å². The Labute approximate surface area is 163 Å². The average molecular weight is 387 g/mol. The molecule has 0 radical (unpaired) electrons. The van der Waals surface area contributed by atoms with E-state index >= 15 is 0 Å². The molecule has 3 rings (SSSR count). The lowest BCUT2D eigenvalue weighted by molar-refractivity contribution is -0.142. The van der Waals surface area contributed by atoms with Gasteiger partial charge in [-0.1, -0.05) is 12.1 Å². The second-order valence-electron chi connectivity index (χ2n) is 8.39. The third kappa shape index (κ3) is 3.85. The summed E-state index contributed by atoms with van der Waals surface area (Å²) in [4.78, 5) is 50.0. The van der Waals surface area contributed by atoms with E-state index in [0.29, 0.717) is 12.0 Å². The number of hydrogen-bond acceptors (Lipinski definition) is 5. The van der Waals surface area contributed by atoms with Gasteiger partial charge in [0.2, 0.25) is 5.91 Å². The van der Waals surface area contributed by atoms with E-state index in [4.69, 9.17) is 4.74 Å². The number of carbonyl (C=O) groups excluding carboxylic acids is 4. The van der Waals surface area contributed by atoms with Gasteiger partial charge in [0.15, 0.2) is 0 Å². The lowest BCUT2D eigenvalue weighted by Crippen LogP contribution is -2.61. The van der Waals surface area contributed by atoms with Gasteiger partial charge in [-0.25, -0.2) is 4.79 Å². The number of nitrogens with zero attached hydrogens (tertiary/aromatic N) is 1. The first-order chi connectivity index (χ1) is 13.0. The van der Waals surface area contributed by atoms with Gasteiger partial charge in [-0.3, -0.25) is 19.7 Å². The highest BCUT2D eigenvalue weighted by Crippen LogP contribution is 2.34. The summed E-state index contributed by atoms with van der Waals surface area (Å²) < 4.78 is 5.21.